The average molecular weight is 237 g/mol. The number of hydrogen-bond acceptors (Lipinski definition) is 7. The zero-order valence-electron chi connectivity index (χ0n) is 8.80. The minimum Gasteiger partial charge on any atom is -0.418 e. The first-order chi connectivity index (χ1) is 7.83. The molecule has 7 heteroatoms. The summed E-state index contributed by atoms with van der Waals surface area (Å²) < 4.78 is 9.37. The van der Waals surface area contributed by atoms with E-state index >= 15 is 0 Å². The van der Waals surface area contributed by atoms with Crippen molar-refractivity contribution in [2.75, 3.05) is 0 Å². The van der Waals surface area contributed by atoms with Gasteiger partial charge < -0.3 is 9.73 Å². The first-order valence-electron chi connectivity index (χ1n) is 5.18. The van der Waals surface area contributed by atoms with E-state index in [2.05, 4.69) is 25.1 Å². The summed E-state index contributed by atoms with van der Waals surface area (Å²) in [6, 6.07) is 0.641. The van der Waals surface area contributed by atoms with Crippen LogP contribution in [-0.4, -0.2) is 25.8 Å². The second-order valence-corrected chi connectivity index (χ2v) is 4.60. The SMILES string of the molecule is Cc1nnsc1-c1nnc(CNC2CC2)o1. The van der Waals surface area contributed by atoms with Gasteiger partial charge in [0.05, 0.1) is 12.2 Å². The molecule has 84 valence electrons. The van der Waals surface area contributed by atoms with Gasteiger partial charge in [-0.25, -0.2) is 0 Å². The van der Waals surface area contributed by atoms with Gasteiger partial charge in [-0.1, -0.05) is 4.49 Å². The van der Waals surface area contributed by atoms with E-state index in [-0.39, 0.29) is 0 Å². The molecule has 1 aliphatic carbocycles. The van der Waals surface area contributed by atoms with Crippen LogP contribution in [0.4, 0.5) is 0 Å². The molecule has 0 aliphatic heterocycles. The molecule has 2 aromatic rings. The van der Waals surface area contributed by atoms with Crippen LogP contribution < -0.4 is 5.32 Å². The normalized spacial score (nSPS) is 15.6. The summed E-state index contributed by atoms with van der Waals surface area (Å²) in [5.74, 6) is 1.13. The molecule has 0 aromatic carbocycles. The van der Waals surface area contributed by atoms with Gasteiger partial charge in [0, 0.05) is 6.04 Å². The predicted octanol–water partition coefficient (Wildman–Crippen LogP) is 1.15. The molecule has 0 radical (unpaired) electrons. The lowest BCUT2D eigenvalue weighted by molar-refractivity contribution is 0.477. The van der Waals surface area contributed by atoms with E-state index in [0.717, 1.165) is 10.6 Å². The van der Waals surface area contributed by atoms with E-state index in [1.807, 2.05) is 6.92 Å². The highest BCUT2D eigenvalue weighted by Gasteiger charge is 2.21. The Balaban J connectivity index is 1.74. The monoisotopic (exact) mass is 237 g/mol. The Morgan fingerprint density at radius 2 is 2.25 bits per heavy atom. The maximum atomic E-state index is 5.53. The van der Waals surface area contributed by atoms with Crippen molar-refractivity contribution in [1.82, 2.24) is 25.1 Å². The average Bonchev–Trinajstić information content (AvgIpc) is 2.82. The van der Waals surface area contributed by atoms with E-state index < -0.39 is 0 Å². The molecule has 1 aliphatic rings. The second-order valence-electron chi connectivity index (χ2n) is 3.84. The van der Waals surface area contributed by atoms with Crippen molar-refractivity contribution in [2.45, 2.75) is 32.4 Å². The highest BCUT2D eigenvalue weighted by atomic mass is 32.1. The summed E-state index contributed by atoms with van der Waals surface area (Å²) >= 11 is 1.27. The fourth-order valence-electron chi connectivity index (χ4n) is 1.36. The summed E-state index contributed by atoms with van der Waals surface area (Å²) in [5.41, 5.74) is 0.829. The van der Waals surface area contributed by atoms with Gasteiger partial charge in [-0.05, 0) is 31.3 Å². The van der Waals surface area contributed by atoms with Gasteiger partial charge >= 0.3 is 0 Å². The van der Waals surface area contributed by atoms with Crippen LogP contribution in [-0.2, 0) is 6.54 Å². The molecule has 0 saturated heterocycles. The fraction of sp³-hybridized carbons (Fsp3) is 0.556. The molecule has 1 saturated carbocycles. The molecular formula is C9H11N5OS. The third-order valence-electron chi connectivity index (χ3n) is 2.43. The van der Waals surface area contributed by atoms with Crippen LogP contribution in [0.15, 0.2) is 4.42 Å². The molecular weight excluding hydrogens is 226 g/mol. The number of aromatic nitrogens is 4. The maximum absolute atomic E-state index is 5.53. The van der Waals surface area contributed by atoms with Crippen molar-refractivity contribution in [2.24, 2.45) is 0 Å². The summed E-state index contributed by atoms with van der Waals surface area (Å²) in [4.78, 5) is 0.852. The van der Waals surface area contributed by atoms with Crippen molar-refractivity contribution >= 4 is 11.5 Å². The number of aryl methyl sites for hydroxylation is 1. The predicted molar refractivity (Wildman–Crippen MR) is 57.8 cm³/mol. The first-order valence-corrected chi connectivity index (χ1v) is 5.95. The van der Waals surface area contributed by atoms with Gasteiger partial charge in [0.25, 0.3) is 5.89 Å². The van der Waals surface area contributed by atoms with Crippen LogP contribution >= 0.6 is 11.5 Å². The molecule has 1 fully saturated rings. The molecule has 2 heterocycles. The van der Waals surface area contributed by atoms with Crippen LogP contribution in [0.5, 0.6) is 0 Å². The highest BCUT2D eigenvalue weighted by Crippen LogP contribution is 2.24. The molecule has 0 atom stereocenters. The number of hydrogen-bond donors (Lipinski definition) is 1. The number of nitrogens with zero attached hydrogens (tertiary/aromatic N) is 4. The molecule has 2 aromatic heterocycles. The van der Waals surface area contributed by atoms with Crippen LogP contribution in [0.3, 0.4) is 0 Å². The van der Waals surface area contributed by atoms with Gasteiger partial charge in [-0.2, -0.15) is 0 Å². The quantitative estimate of drug-likeness (QED) is 0.859. The summed E-state index contributed by atoms with van der Waals surface area (Å²) in [7, 11) is 0. The van der Waals surface area contributed by atoms with Crippen molar-refractivity contribution < 1.29 is 4.42 Å². The standard InChI is InChI=1S/C9H11N5OS/c1-5-8(16-14-11-5)9-13-12-7(15-9)4-10-6-2-3-6/h6,10H,2-4H2,1H3. The lowest BCUT2D eigenvalue weighted by Gasteiger charge is -1.95. The lowest BCUT2D eigenvalue weighted by atomic mass is 10.4. The topological polar surface area (TPSA) is 76.7 Å². The molecule has 0 amide bonds. The van der Waals surface area contributed by atoms with Crippen LogP contribution in [0.25, 0.3) is 10.8 Å². The minimum absolute atomic E-state index is 0.514. The molecule has 16 heavy (non-hydrogen) atoms. The minimum atomic E-state index is 0.514. The zero-order valence-corrected chi connectivity index (χ0v) is 9.62. The Kier molecular flexibility index (Phi) is 2.41. The van der Waals surface area contributed by atoms with E-state index in [4.69, 9.17) is 4.42 Å². The molecule has 0 spiro atoms. The largest absolute Gasteiger partial charge is 0.418 e. The lowest BCUT2D eigenvalue weighted by Crippen LogP contribution is -2.15. The van der Waals surface area contributed by atoms with Gasteiger partial charge in [0.15, 0.2) is 0 Å². The summed E-state index contributed by atoms with van der Waals surface area (Å²) in [5, 5.41) is 15.2. The van der Waals surface area contributed by atoms with Crippen molar-refractivity contribution in [3.8, 4) is 10.8 Å². The van der Waals surface area contributed by atoms with E-state index in [9.17, 15) is 0 Å². The first kappa shape index (κ1) is 9.86. The molecule has 0 unspecified atom stereocenters. The van der Waals surface area contributed by atoms with E-state index in [0.29, 0.717) is 24.4 Å². The van der Waals surface area contributed by atoms with Crippen molar-refractivity contribution in [3.05, 3.63) is 11.6 Å². The summed E-state index contributed by atoms with van der Waals surface area (Å²) in [6.07, 6.45) is 2.50. The second kappa shape index (κ2) is 3.91. The molecule has 0 bridgehead atoms. The fourth-order valence-corrected chi connectivity index (χ4v) is 1.94. The molecule has 1 N–H and O–H groups in total. The highest BCUT2D eigenvalue weighted by molar-refractivity contribution is 7.09. The van der Waals surface area contributed by atoms with Gasteiger partial charge in [0.1, 0.15) is 4.88 Å². The molecule has 6 nitrogen and oxygen atoms in total. The third-order valence-corrected chi connectivity index (χ3v) is 3.25. The Morgan fingerprint density at radius 3 is 2.94 bits per heavy atom. The Labute approximate surface area is 96.2 Å². The number of nitrogens with one attached hydrogen (secondary N) is 1. The third kappa shape index (κ3) is 1.96. The zero-order chi connectivity index (χ0) is 11.0. The molecule has 3 rings (SSSR count). The van der Waals surface area contributed by atoms with Crippen molar-refractivity contribution in [1.29, 1.82) is 0 Å². The van der Waals surface area contributed by atoms with Gasteiger partial charge in [-0.15, -0.1) is 15.3 Å². The van der Waals surface area contributed by atoms with E-state index in [1.165, 1.54) is 24.4 Å². The maximum Gasteiger partial charge on any atom is 0.261 e. The smallest absolute Gasteiger partial charge is 0.261 e. The van der Waals surface area contributed by atoms with Gasteiger partial charge in [-0.3, -0.25) is 0 Å². The Bertz CT molecular complexity index is 490. The van der Waals surface area contributed by atoms with Crippen LogP contribution in [0.1, 0.15) is 24.4 Å². The van der Waals surface area contributed by atoms with E-state index in [1.54, 1.807) is 0 Å². The van der Waals surface area contributed by atoms with Crippen LogP contribution in [0, 0.1) is 6.92 Å². The van der Waals surface area contributed by atoms with Crippen LogP contribution in [0.2, 0.25) is 0 Å². The van der Waals surface area contributed by atoms with Crippen molar-refractivity contribution in [3.63, 3.8) is 0 Å². The number of rotatable bonds is 4. The Hall–Kier alpha value is -1.34. The summed E-state index contributed by atoms with van der Waals surface area (Å²) in [6.45, 7) is 2.52. The Morgan fingerprint density at radius 1 is 1.38 bits per heavy atom. The van der Waals surface area contributed by atoms with Gasteiger partial charge in [0.2, 0.25) is 5.89 Å².